The van der Waals surface area contributed by atoms with Gasteiger partial charge in [0.15, 0.2) is 0 Å². The third-order valence-corrected chi connectivity index (χ3v) is 1.13. The Balaban J connectivity index is 0. The Bertz CT molecular complexity index is 193. The van der Waals surface area contributed by atoms with Gasteiger partial charge in [-0.15, -0.1) is 0 Å². The molecule has 0 aromatic carbocycles. The van der Waals surface area contributed by atoms with Gasteiger partial charge in [0.05, 0.1) is 0 Å². The van der Waals surface area contributed by atoms with Gasteiger partial charge in [-0.2, -0.15) is 0 Å². The van der Waals surface area contributed by atoms with Crippen LogP contribution in [-0.4, -0.2) is 117 Å². The summed E-state index contributed by atoms with van der Waals surface area (Å²) in [5, 5.41) is 17.5. The minimum absolute atomic E-state index is 0. The molecule has 2 rings (SSSR count). The first-order valence-electron chi connectivity index (χ1n) is 3.52. The zero-order valence-electron chi connectivity index (χ0n) is 7.05. The van der Waals surface area contributed by atoms with E-state index in [1.165, 1.54) is 0 Å². The summed E-state index contributed by atoms with van der Waals surface area (Å²) in [6, 6.07) is 0. The van der Waals surface area contributed by atoms with Crippen molar-refractivity contribution in [3.8, 4) is 0 Å². The van der Waals surface area contributed by atoms with Crippen LogP contribution in [0.4, 0.5) is 0 Å². The molecule has 17 heteroatoms. The van der Waals surface area contributed by atoms with Crippen molar-refractivity contribution in [1.82, 2.24) is 0 Å². The molecule has 0 unspecified atom stereocenters. The van der Waals surface area contributed by atoms with Gasteiger partial charge in [0.25, 0.3) is 0 Å². The van der Waals surface area contributed by atoms with E-state index in [-0.39, 0.29) is 59.1 Å². The maximum absolute atomic E-state index is 8.74. The van der Waals surface area contributed by atoms with Gasteiger partial charge in [0.2, 0.25) is 0 Å². The van der Waals surface area contributed by atoms with Crippen molar-refractivity contribution in [2.45, 2.75) is 0 Å². The molecule has 0 aromatic heterocycles. The van der Waals surface area contributed by atoms with Gasteiger partial charge in [-0.05, 0) is 0 Å². The van der Waals surface area contributed by atoms with Crippen LogP contribution in [0.2, 0.25) is 0 Å². The van der Waals surface area contributed by atoms with Crippen molar-refractivity contribution in [1.29, 1.82) is 0 Å². The van der Waals surface area contributed by atoms with Crippen molar-refractivity contribution in [3.05, 3.63) is 0 Å². The quantitative estimate of drug-likeness (QED) is 0.317. The molecule has 2 aliphatic rings. The first-order valence-corrected chi connectivity index (χ1v) is 4.83. The van der Waals surface area contributed by atoms with Gasteiger partial charge in [0, 0.05) is 0 Å². The molecule has 2 fully saturated rings. The molecular formula is H6B4Na2O10Si. The molecule has 84 valence electrons. The molecule has 0 amide bonds. The van der Waals surface area contributed by atoms with Crippen LogP contribution in [-0.2, 0) is 27.3 Å². The first-order chi connectivity index (χ1) is 6.97. The van der Waals surface area contributed by atoms with Gasteiger partial charge < -0.3 is 42.5 Å². The van der Waals surface area contributed by atoms with Crippen LogP contribution in [0.5, 0.6) is 0 Å². The Morgan fingerprint density at radius 3 is 1.24 bits per heavy atom. The Hall–Kier alpha value is 1.60. The normalized spacial score (nSPS) is 17.3. The summed E-state index contributed by atoms with van der Waals surface area (Å²) in [6.45, 7) is 0. The topological polar surface area (TPSA) is 144 Å². The molecule has 17 heavy (non-hydrogen) atoms. The average Bonchev–Trinajstić information content (AvgIpc) is 1.98. The third-order valence-electron chi connectivity index (χ3n) is 1.13. The number of hydrogen-bond acceptors (Lipinski definition) is 8. The van der Waals surface area contributed by atoms with E-state index < -0.39 is 38.5 Å². The number of fused-ring (bicyclic) bond motifs is 2. The van der Waals surface area contributed by atoms with E-state index in [1.54, 1.807) is 0 Å². The standard InChI is InChI=1S/B4H2O7.2Na.H2O3Si.2H/c5-1-7-3-9-2(6)10-4(8-1)11-3;;;1-4(2)3;;/h5-6H;;;1-2H;;. The van der Waals surface area contributed by atoms with Crippen LogP contribution in [0.1, 0.15) is 0 Å². The zero-order valence-corrected chi connectivity index (χ0v) is 8.05. The molecule has 0 saturated carbocycles. The van der Waals surface area contributed by atoms with Crippen LogP contribution >= 0.6 is 0 Å². The van der Waals surface area contributed by atoms with Gasteiger partial charge in [0.1, 0.15) is 0 Å². The predicted molar refractivity (Wildman–Crippen MR) is 58.1 cm³/mol. The van der Waals surface area contributed by atoms with E-state index in [0.29, 0.717) is 0 Å². The predicted octanol–water partition coefficient (Wildman–Crippen LogP) is -5.89. The second-order valence-electron chi connectivity index (χ2n) is 2.15. The van der Waals surface area contributed by atoms with Crippen molar-refractivity contribution in [2.24, 2.45) is 0 Å². The van der Waals surface area contributed by atoms with Crippen LogP contribution in [0.25, 0.3) is 0 Å². The summed E-state index contributed by atoms with van der Waals surface area (Å²) in [6.07, 6.45) is 0. The molecule has 2 bridgehead atoms. The van der Waals surface area contributed by atoms with E-state index in [0.717, 1.165) is 0 Å². The third kappa shape index (κ3) is 9.18. The van der Waals surface area contributed by atoms with Crippen molar-refractivity contribution in [2.75, 3.05) is 0 Å². The Morgan fingerprint density at radius 1 is 0.765 bits per heavy atom. The monoisotopic (exact) mass is 284 g/mol. The summed E-state index contributed by atoms with van der Waals surface area (Å²) in [5.74, 6) is 0. The van der Waals surface area contributed by atoms with Crippen LogP contribution in [0, 0.1) is 0 Å². The molecule has 2 saturated heterocycles. The van der Waals surface area contributed by atoms with E-state index in [9.17, 15) is 0 Å². The van der Waals surface area contributed by atoms with Crippen LogP contribution in [0.15, 0.2) is 0 Å². The summed E-state index contributed by atoms with van der Waals surface area (Å²) >= 11 is 0. The Kier molecular flexibility index (Phi) is 12.8. The van der Waals surface area contributed by atoms with E-state index in [1.807, 2.05) is 0 Å². The van der Waals surface area contributed by atoms with Gasteiger partial charge in [-0.25, -0.2) is 0 Å². The van der Waals surface area contributed by atoms with E-state index in [2.05, 4.69) is 22.9 Å². The zero-order chi connectivity index (χ0) is 11.4. The second kappa shape index (κ2) is 10.4. The van der Waals surface area contributed by atoms with E-state index in [4.69, 9.17) is 24.1 Å². The van der Waals surface area contributed by atoms with Gasteiger partial charge >= 0.3 is 97.6 Å². The minimum atomic E-state index is -3.13. The second-order valence-corrected chi connectivity index (χ2v) is 2.72. The average molecular weight is 283 g/mol. The van der Waals surface area contributed by atoms with Crippen molar-refractivity contribution >= 4 is 97.6 Å². The fraction of sp³-hybridized carbons (Fsp3) is 0. The van der Waals surface area contributed by atoms with Gasteiger partial charge in [-0.3, -0.25) is 4.46 Å². The Labute approximate surface area is 143 Å². The summed E-state index contributed by atoms with van der Waals surface area (Å²) < 4.78 is 31.3. The van der Waals surface area contributed by atoms with Crippen molar-refractivity contribution < 1.29 is 47.0 Å². The number of rotatable bonds is 0. The van der Waals surface area contributed by atoms with Crippen LogP contribution < -0.4 is 0 Å². The molecule has 0 atom stereocenters. The maximum atomic E-state index is 8.74. The fourth-order valence-electron chi connectivity index (χ4n) is 0.728. The number of hydrogen-bond donors (Lipinski definition) is 4. The molecule has 0 spiro atoms. The molecule has 0 aliphatic carbocycles. The van der Waals surface area contributed by atoms with Crippen LogP contribution in [0.3, 0.4) is 0 Å². The van der Waals surface area contributed by atoms with Crippen molar-refractivity contribution in [3.63, 3.8) is 0 Å². The summed E-state index contributed by atoms with van der Waals surface area (Å²) in [4.78, 5) is 14.3. The first kappa shape index (κ1) is 20.9. The SMILES string of the molecule is O=[Si](O)O.OB1OB2OB(O)OB(O1)O2.[NaH].[NaH]. The molecule has 2 aliphatic heterocycles. The summed E-state index contributed by atoms with van der Waals surface area (Å²) in [7, 11) is -8.33. The molecule has 0 aromatic rings. The fourth-order valence-corrected chi connectivity index (χ4v) is 0.728. The van der Waals surface area contributed by atoms with E-state index >= 15 is 0 Å². The molecule has 2 heterocycles. The molecule has 4 N–H and O–H groups in total. The molecule has 10 nitrogen and oxygen atoms in total. The Morgan fingerprint density at radius 2 is 1.00 bits per heavy atom. The molecular weight excluding hydrogens is 277 g/mol. The summed E-state index contributed by atoms with van der Waals surface area (Å²) in [5.41, 5.74) is 0. The van der Waals surface area contributed by atoms with Gasteiger partial charge in [-0.1, -0.05) is 0 Å². The molecule has 0 radical (unpaired) electrons.